The number of fused-ring (bicyclic) bond motifs is 2. The van der Waals surface area contributed by atoms with Crippen LogP contribution in [0.3, 0.4) is 0 Å². The van der Waals surface area contributed by atoms with Gasteiger partial charge in [0.1, 0.15) is 0 Å². The van der Waals surface area contributed by atoms with Crippen molar-refractivity contribution in [1.29, 1.82) is 0 Å². The second kappa shape index (κ2) is 5.68. The standard InChI is InChI=1S/C18H16N4O/c23-17(22-10-8-16-15(12-22)11-20-21-16)7-6-14-4-1-3-13-5-2-9-19-18(13)14/h1-7,9,11H,8,10,12H2,(H,20,21). The molecule has 0 fully saturated rings. The van der Waals surface area contributed by atoms with Crippen molar-refractivity contribution >= 4 is 22.9 Å². The highest BCUT2D eigenvalue weighted by atomic mass is 16.2. The van der Waals surface area contributed by atoms with Crippen LogP contribution in [0, 0.1) is 0 Å². The molecular weight excluding hydrogens is 288 g/mol. The fourth-order valence-corrected chi connectivity index (χ4v) is 2.94. The summed E-state index contributed by atoms with van der Waals surface area (Å²) in [7, 11) is 0. The Morgan fingerprint density at radius 2 is 2.17 bits per heavy atom. The largest absolute Gasteiger partial charge is 0.334 e. The number of hydrogen-bond donors (Lipinski definition) is 1. The Kier molecular flexibility index (Phi) is 3.38. The minimum absolute atomic E-state index is 0.0183. The first-order chi connectivity index (χ1) is 11.3. The number of H-pyrrole nitrogens is 1. The quantitative estimate of drug-likeness (QED) is 0.740. The van der Waals surface area contributed by atoms with E-state index in [4.69, 9.17) is 0 Å². The molecule has 1 aromatic carbocycles. The third-order valence-electron chi connectivity index (χ3n) is 4.18. The van der Waals surface area contributed by atoms with Crippen molar-refractivity contribution in [3.63, 3.8) is 0 Å². The molecular formula is C18H16N4O. The van der Waals surface area contributed by atoms with Gasteiger partial charge in [-0.3, -0.25) is 14.9 Å². The number of aromatic amines is 1. The number of benzene rings is 1. The Hall–Kier alpha value is -2.95. The van der Waals surface area contributed by atoms with E-state index in [0.717, 1.165) is 34.1 Å². The molecule has 3 aromatic rings. The summed E-state index contributed by atoms with van der Waals surface area (Å²) in [6.07, 6.45) is 7.88. The molecule has 0 spiro atoms. The fourth-order valence-electron chi connectivity index (χ4n) is 2.94. The van der Waals surface area contributed by atoms with E-state index in [1.54, 1.807) is 18.5 Å². The maximum atomic E-state index is 12.4. The van der Waals surface area contributed by atoms with Crippen molar-refractivity contribution < 1.29 is 4.79 Å². The number of pyridine rings is 1. The van der Waals surface area contributed by atoms with Crippen molar-refractivity contribution in [1.82, 2.24) is 20.1 Å². The molecule has 1 aliphatic heterocycles. The van der Waals surface area contributed by atoms with Crippen LogP contribution in [0.25, 0.3) is 17.0 Å². The lowest BCUT2D eigenvalue weighted by atomic mass is 10.1. The number of nitrogens with zero attached hydrogens (tertiary/aromatic N) is 3. The molecule has 5 nitrogen and oxygen atoms in total. The molecule has 2 aromatic heterocycles. The van der Waals surface area contributed by atoms with Crippen molar-refractivity contribution in [2.24, 2.45) is 0 Å². The van der Waals surface area contributed by atoms with Gasteiger partial charge in [0, 0.05) is 54.0 Å². The zero-order valence-electron chi connectivity index (χ0n) is 12.6. The van der Waals surface area contributed by atoms with E-state index in [9.17, 15) is 4.79 Å². The lowest BCUT2D eigenvalue weighted by molar-refractivity contribution is -0.126. The molecule has 0 radical (unpaired) electrons. The first kappa shape index (κ1) is 13.7. The minimum atomic E-state index is 0.0183. The molecule has 3 heterocycles. The SMILES string of the molecule is O=C(C=Cc1cccc2cccnc12)N1CCc2[nH]ncc2C1. The van der Waals surface area contributed by atoms with E-state index in [0.29, 0.717) is 13.1 Å². The molecule has 0 bridgehead atoms. The van der Waals surface area contributed by atoms with Crippen molar-refractivity contribution in [2.45, 2.75) is 13.0 Å². The van der Waals surface area contributed by atoms with Gasteiger partial charge in [-0.25, -0.2) is 0 Å². The Bertz CT molecular complexity index is 891. The molecule has 1 aliphatic rings. The molecule has 1 N–H and O–H groups in total. The zero-order chi connectivity index (χ0) is 15.6. The van der Waals surface area contributed by atoms with Crippen LogP contribution in [0.5, 0.6) is 0 Å². The van der Waals surface area contributed by atoms with Gasteiger partial charge in [-0.2, -0.15) is 5.10 Å². The summed E-state index contributed by atoms with van der Waals surface area (Å²) in [5.41, 5.74) is 4.10. The molecule has 0 saturated carbocycles. The van der Waals surface area contributed by atoms with Gasteiger partial charge in [0.25, 0.3) is 0 Å². The predicted molar refractivity (Wildman–Crippen MR) is 88.5 cm³/mol. The van der Waals surface area contributed by atoms with Crippen LogP contribution in [0.15, 0.2) is 48.8 Å². The van der Waals surface area contributed by atoms with Gasteiger partial charge < -0.3 is 4.90 Å². The summed E-state index contributed by atoms with van der Waals surface area (Å²) in [6.45, 7) is 1.33. The number of hydrogen-bond acceptors (Lipinski definition) is 3. The Balaban J connectivity index is 1.55. The second-order valence-corrected chi connectivity index (χ2v) is 5.64. The Morgan fingerprint density at radius 3 is 3.13 bits per heavy atom. The molecule has 0 unspecified atom stereocenters. The monoisotopic (exact) mass is 304 g/mol. The number of nitrogens with one attached hydrogen (secondary N) is 1. The Labute approximate surface area is 133 Å². The molecule has 23 heavy (non-hydrogen) atoms. The van der Waals surface area contributed by atoms with E-state index in [2.05, 4.69) is 15.2 Å². The smallest absolute Gasteiger partial charge is 0.246 e. The summed E-state index contributed by atoms with van der Waals surface area (Å²) in [5, 5.41) is 8.09. The second-order valence-electron chi connectivity index (χ2n) is 5.64. The van der Waals surface area contributed by atoms with Crippen LogP contribution in [-0.4, -0.2) is 32.5 Å². The number of para-hydroxylation sites is 1. The fraction of sp³-hybridized carbons (Fsp3) is 0.167. The Morgan fingerprint density at radius 1 is 1.26 bits per heavy atom. The van der Waals surface area contributed by atoms with Crippen LogP contribution in [0.4, 0.5) is 0 Å². The lowest BCUT2D eigenvalue weighted by Crippen LogP contribution is -2.34. The topological polar surface area (TPSA) is 61.9 Å². The molecule has 114 valence electrons. The van der Waals surface area contributed by atoms with Gasteiger partial charge in [-0.1, -0.05) is 24.3 Å². The highest BCUT2D eigenvalue weighted by Gasteiger charge is 2.20. The summed E-state index contributed by atoms with van der Waals surface area (Å²) < 4.78 is 0. The maximum Gasteiger partial charge on any atom is 0.246 e. The summed E-state index contributed by atoms with van der Waals surface area (Å²) >= 11 is 0. The summed E-state index contributed by atoms with van der Waals surface area (Å²) in [4.78, 5) is 18.7. The summed E-state index contributed by atoms with van der Waals surface area (Å²) in [6, 6.07) is 9.91. The van der Waals surface area contributed by atoms with Gasteiger partial charge in [-0.15, -0.1) is 0 Å². The normalized spacial score (nSPS) is 14.3. The van der Waals surface area contributed by atoms with E-state index < -0.39 is 0 Å². The third kappa shape index (κ3) is 2.61. The lowest BCUT2D eigenvalue weighted by Gasteiger charge is -2.25. The maximum absolute atomic E-state index is 12.4. The van der Waals surface area contributed by atoms with Crippen molar-refractivity contribution in [2.75, 3.05) is 6.54 Å². The van der Waals surface area contributed by atoms with E-state index in [-0.39, 0.29) is 5.91 Å². The molecule has 1 amide bonds. The molecule has 0 saturated heterocycles. The number of rotatable bonds is 2. The van der Waals surface area contributed by atoms with E-state index in [1.165, 1.54) is 0 Å². The zero-order valence-corrected chi connectivity index (χ0v) is 12.6. The van der Waals surface area contributed by atoms with E-state index in [1.807, 2.05) is 41.3 Å². The predicted octanol–water partition coefficient (Wildman–Crippen LogP) is 2.56. The third-order valence-corrected chi connectivity index (χ3v) is 4.18. The van der Waals surface area contributed by atoms with E-state index >= 15 is 0 Å². The number of carbonyl (C=O) groups is 1. The van der Waals surface area contributed by atoms with Crippen molar-refractivity contribution in [3.05, 3.63) is 65.6 Å². The van der Waals surface area contributed by atoms with Gasteiger partial charge >= 0.3 is 0 Å². The van der Waals surface area contributed by atoms with Crippen LogP contribution in [0.1, 0.15) is 16.8 Å². The van der Waals surface area contributed by atoms with Gasteiger partial charge in [-0.05, 0) is 12.1 Å². The van der Waals surface area contributed by atoms with Crippen LogP contribution >= 0.6 is 0 Å². The molecule has 4 rings (SSSR count). The van der Waals surface area contributed by atoms with Gasteiger partial charge in [0.2, 0.25) is 5.91 Å². The highest BCUT2D eigenvalue weighted by molar-refractivity contribution is 5.95. The first-order valence-corrected chi connectivity index (χ1v) is 7.63. The highest BCUT2D eigenvalue weighted by Crippen LogP contribution is 2.19. The first-order valence-electron chi connectivity index (χ1n) is 7.63. The average Bonchev–Trinajstić information content (AvgIpc) is 3.07. The van der Waals surface area contributed by atoms with Crippen LogP contribution in [0.2, 0.25) is 0 Å². The van der Waals surface area contributed by atoms with Crippen LogP contribution in [-0.2, 0) is 17.8 Å². The number of carbonyl (C=O) groups excluding carboxylic acids is 1. The average molecular weight is 304 g/mol. The molecule has 0 aliphatic carbocycles. The number of amides is 1. The summed E-state index contributed by atoms with van der Waals surface area (Å²) in [5.74, 6) is 0.0183. The van der Waals surface area contributed by atoms with Gasteiger partial charge in [0.05, 0.1) is 11.7 Å². The number of aromatic nitrogens is 3. The van der Waals surface area contributed by atoms with Crippen molar-refractivity contribution in [3.8, 4) is 0 Å². The van der Waals surface area contributed by atoms with Crippen LogP contribution < -0.4 is 0 Å². The van der Waals surface area contributed by atoms with Gasteiger partial charge in [0.15, 0.2) is 0 Å². The molecule has 5 heteroatoms. The minimum Gasteiger partial charge on any atom is -0.334 e. The molecule has 0 atom stereocenters.